The fourth-order valence-electron chi connectivity index (χ4n) is 2.69. The molecule has 21 heavy (non-hydrogen) atoms. The van der Waals surface area contributed by atoms with Gasteiger partial charge in [0.1, 0.15) is 6.04 Å². The molecule has 116 valence electrons. The summed E-state index contributed by atoms with van der Waals surface area (Å²) < 4.78 is 5.29. The van der Waals surface area contributed by atoms with Crippen molar-refractivity contribution in [1.82, 2.24) is 0 Å². The van der Waals surface area contributed by atoms with E-state index in [1.54, 1.807) is 6.07 Å². The van der Waals surface area contributed by atoms with Crippen LogP contribution in [0, 0.1) is 5.92 Å². The molecule has 0 aliphatic heterocycles. The number of hydrogen-bond acceptors (Lipinski definition) is 5. The molecule has 0 aromatic heterocycles. The van der Waals surface area contributed by atoms with Crippen molar-refractivity contribution in [2.45, 2.75) is 44.6 Å². The van der Waals surface area contributed by atoms with Crippen LogP contribution in [0.4, 0.5) is 0 Å². The average molecular weight is 293 g/mol. The Morgan fingerprint density at radius 2 is 1.95 bits per heavy atom. The van der Waals surface area contributed by atoms with Gasteiger partial charge >= 0.3 is 5.97 Å². The van der Waals surface area contributed by atoms with Crippen LogP contribution < -0.4 is 5.73 Å². The second-order valence-corrected chi connectivity index (χ2v) is 5.77. The first-order chi connectivity index (χ1) is 10.1. The van der Waals surface area contributed by atoms with E-state index in [4.69, 9.17) is 10.5 Å². The van der Waals surface area contributed by atoms with Gasteiger partial charge < -0.3 is 20.7 Å². The molecule has 0 bridgehead atoms. The first-order valence-corrected chi connectivity index (χ1v) is 7.49. The molecule has 0 heterocycles. The van der Waals surface area contributed by atoms with E-state index in [1.165, 1.54) is 31.4 Å². The third kappa shape index (κ3) is 4.63. The van der Waals surface area contributed by atoms with Gasteiger partial charge in [0.25, 0.3) is 0 Å². The lowest BCUT2D eigenvalue weighted by Gasteiger charge is -2.22. The minimum Gasteiger partial charge on any atom is -0.504 e. The zero-order valence-corrected chi connectivity index (χ0v) is 12.1. The van der Waals surface area contributed by atoms with Crippen molar-refractivity contribution >= 4 is 5.97 Å². The van der Waals surface area contributed by atoms with Crippen molar-refractivity contribution in [3.63, 3.8) is 0 Å². The predicted molar refractivity (Wildman–Crippen MR) is 79.0 cm³/mol. The second kappa shape index (κ2) is 7.31. The highest BCUT2D eigenvalue weighted by Crippen LogP contribution is 2.26. The lowest BCUT2D eigenvalue weighted by molar-refractivity contribution is -0.146. The van der Waals surface area contributed by atoms with Crippen molar-refractivity contribution in [1.29, 1.82) is 0 Å². The molecular weight excluding hydrogens is 270 g/mol. The van der Waals surface area contributed by atoms with E-state index in [0.717, 1.165) is 12.8 Å². The molecular formula is C16H23NO4. The SMILES string of the molecule is NC(Cc1ccc(O)c(O)c1)C(=O)OCC1CCCCC1. The number of benzene rings is 1. The van der Waals surface area contributed by atoms with Crippen molar-refractivity contribution in [2.75, 3.05) is 6.61 Å². The number of phenolic OH excluding ortho intramolecular Hbond substituents is 2. The Labute approximate surface area is 124 Å². The van der Waals surface area contributed by atoms with E-state index < -0.39 is 12.0 Å². The van der Waals surface area contributed by atoms with Crippen molar-refractivity contribution < 1.29 is 19.7 Å². The van der Waals surface area contributed by atoms with Crippen LogP contribution >= 0.6 is 0 Å². The first-order valence-electron chi connectivity index (χ1n) is 7.49. The van der Waals surface area contributed by atoms with Crippen molar-refractivity contribution in [2.24, 2.45) is 11.7 Å². The average Bonchev–Trinajstić information content (AvgIpc) is 2.49. The zero-order chi connectivity index (χ0) is 15.2. The Hall–Kier alpha value is -1.75. The molecule has 1 aliphatic carbocycles. The summed E-state index contributed by atoms with van der Waals surface area (Å²) in [4.78, 5) is 11.9. The van der Waals surface area contributed by atoms with E-state index in [-0.39, 0.29) is 17.9 Å². The third-order valence-corrected chi connectivity index (χ3v) is 3.98. The molecule has 5 heteroatoms. The van der Waals surface area contributed by atoms with Crippen LogP contribution in [-0.4, -0.2) is 28.8 Å². The maximum Gasteiger partial charge on any atom is 0.323 e. The smallest absolute Gasteiger partial charge is 0.323 e. The molecule has 1 aromatic carbocycles. The molecule has 1 aliphatic rings. The van der Waals surface area contributed by atoms with Crippen LogP contribution in [0.3, 0.4) is 0 Å². The summed E-state index contributed by atoms with van der Waals surface area (Å²) in [5.41, 5.74) is 6.52. The maximum absolute atomic E-state index is 11.9. The molecule has 0 saturated heterocycles. The van der Waals surface area contributed by atoms with E-state index >= 15 is 0 Å². The highest BCUT2D eigenvalue weighted by Gasteiger charge is 2.20. The predicted octanol–water partition coefficient (Wildman–Crippen LogP) is 2.09. The summed E-state index contributed by atoms with van der Waals surface area (Å²) in [5.74, 6) is -0.344. The minimum absolute atomic E-state index is 0.188. The molecule has 2 rings (SSSR count). The van der Waals surface area contributed by atoms with Crippen LogP contribution in [0.15, 0.2) is 18.2 Å². The zero-order valence-electron chi connectivity index (χ0n) is 12.1. The van der Waals surface area contributed by atoms with Crippen LogP contribution in [0.2, 0.25) is 0 Å². The fraction of sp³-hybridized carbons (Fsp3) is 0.562. The summed E-state index contributed by atoms with van der Waals surface area (Å²) in [5, 5.41) is 18.7. The van der Waals surface area contributed by atoms with Gasteiger partial charge in [-0.2, -0.15) is 0 Å². The monoisotopic (exact) mass is 293 g/mol. The summed E-state index contributed by atoms with van der Waals surface area (Å²) in [6.07, 6.45) is 6.20. The number of phenols is 2. The molecule has 5 nitrogen and oxygen atoms in total. The van der Waals surface area contributed by atoms with Gasteiger partial charge in [-0.1, -0.05) is 25.3 Å². The number of carbonyl (C=O) groups is 1. The molecule has 1 unspecified atom stereocenters. The number of ether oxygens (including phenoxy) is 1. The molecule has 0 amide bonds. The van der Waals surface area contributed by atoms with Crippen molar-refractivity contribution in [3.8, 4) is 11.5 Å². The number of hydrogen-bond donors (Lipinski definition) is 3. The van der Waals surface area contributed by atoms with Gasteiger partial charge in [-0.3, -0.25) is 4.79 Å². The Kier molecular flexibility index (Phi) is 5.44. The molecule has 1 atom stereocenters. The number of nitrogens with two attached hydrogens (primary N) is 1. The van der Waals surface area contributed by atoms with E-state index in [0.29, 0.717) is 18.1 Å². The summed E-state index contributed by atoms with van der Waals surface area (Å²) >= 11 is 0. The van der Waals surface area contributed by atoms with E-state index in [2.05, 4.69) is 0 Å². The molecule has 0 spiro atoms. The first kappa shape index (κ1) is 15.6. The Balaban J connectivity index is 1.79. The number of rotatable bonds is 5. The van der Waals surface area contributed by atoms with Crippen molar-refractivity contribution in [3.05, 3.63) is 23.8 Å². The van der Waals surface area contributed by atoms with Crippen LogP contribution in [-0.2, 0) is 16.0 Å². The van der Waals surface area contributed by atoms with Crippen LogP contribution in [0.1, 0.15) is 37.7 Å². The Morgan fingerprint density at radius 1 is 1.24 bits per heavy atom. The lowest BCUT2D eigenvalue weighted by atomic mass is 9.90. The normalized spacial score (nSPS) is 17.4. The summed E-state index contributed by atoms with van der Waals surface area (Å²) in [6, 6.07) is 3.66. The minimum atomic E-state index is -0.752. The van der Waals surface area contributed by atoms with Gasteiger partial charge in [0.2, 0.25) is 0 Å². The number of esters is 1. The van der Waals surface area contributed by atoms with Crippen LogP contribution in [0.5, 0.6) is 11.5 Å². The standard InChI is InChI=1S/C16H23NO4/c17-13(8-12-6-7-14(18)15(19)9-12)16(20)21-10-11-4-2-1-3-5-11/h6-7,9,11,13,18-19H,1-5,8,10,17H2. The molecule has 1 saturated carbocycles. The summed E-state index contributed by atoms with van der Waals surface area (Å²) in [7, 11) is 0. The van der Waals surface area contributed by atoms with Gasteiger partial charge in [-0.05, 0) is 42.9 Å². The fourth-order valence-corrected chi connectivity index (χ4v) is 2.69. The number of aromatic hydroxyl groups is 2. The largest absolute Gasteiger partial charge is 0.504 e. The molecule has 1 aromatic rings. The Morgan fingerprint density at radius 3 is 2.62 bits per heavy atom. The highest BCUT2D eigenvalue weighted by atomic mass is 16.5. The maximum atomic E-state index is 11.9. The highest BCUT2D eigenvalue weighted by molar-refractivity contribution is 5.76. The van der Waals surface area contributed by atoms with Crippen LogP contribution in [0.25, 0.3) is 0 Å². The molecule has 4 N–H and O–H groups in total. The third-order valence-electron chi connectivity index (χ3n) is 3.98. The quantitative estimate of drug-likeness (QED) is 0.571. The molecule has 0 radical (unpaired) electrons. The van der Waals surface area contributed by atoms with Gasteiger partial charge in [-0.25, -0.2) is 0 Å². The van der Waals surface area contributed by atoms with Gasteiger partial charge in [0.15, 0.2) is 11.5 Å². The van der Waals surface area contributed by atoms with E-state index in [9.17, 15) is 15.0 Å². The number of carbonyl (C=O) groups excluding carboxylic acids is 1. The Bertz CT molecular complexity index is 483. The second-order valence-electron chi connectivity index (χ2n) is 5.77. The molecule has 1 fully saturated rings. The van der Waals surface area contributed by atoms with Gasteiger partial charge in [0.05, 0.1) is 6.61 Å². The lowest BCUT2D eigenvalue weighted by Crippen LogP contribution is -2.35. The van der Waals surface area contributed by atoms with Gasteiger partial charge in [-0.15, -0.1) is 0 Å². The van der Waals surface area contributed by atoms with E-state index in [1.807, 2.05) is 0 Å². The van der Waals surface area contributed by atoms with Gasteiger partial charge in [0, 0.05) is 0 Å². The topological polar surface area (TPSA) is 92.8 Å². The summed E-state index contributed by atoms with van der Waals surface area (Å²) in [6.45, 7) is 0.452.